The van der Waals surface area contributed by atoms with E-state index in [2.05, 4.69) is 19.9 Å². The molecule has 2 aromatic heterocycles. The average molecular weight is 280 g/mol. The Labute approximate surface area is 112 Å². The topological polar surface area (TPSA) is 87.7 Å². The highest BCUT2D eigenvalue weighted by Crippen LogP contribution is 2.04. The number of rotatable bonds is 6. The SMILES string of the molecule is Cc1[nH]ncc1CNS(=O)(=O)CCc1ccncc1. The minimum absolute atomic E-state index is 0.0634. The van der Waals surface area contributed by atoms with Crippen LogP contribution in [0.3, 0.4) is 0 Å². The number of H-pyrrole nitrogens is 1. The van der Waals surface area contributed by atoms with Crippen molar-refractivity contribution in [1.82, 2.24) is 19.9 Å². The lowest BCUT2D eigenvalue weighted by Crippen LogP contribution is -2.27. The Morgan fingerprint density at radius 1 is 1.32 bits per heavy atom. The lowest BCUT2D eigenvalue weighted by Gasteiger charge is -2.06. The summed E-state index contributed by atoms with van der Waals surface area (Å²) in [5.74, 6) is 0.0634. The summed E-state index contributed by atoms with van der Waals surface area (Å²) in [6.45, 7) is 2.12. The van der Waals surface area contributed by atoms with E-state index in [0.717, 1.165) is 16.8 Å². The Balaban J connectivity index is 1.87. The summed E-state index contributed by atoms with van der Waals surface area (Å²) in [5, 5.41) is 6.62. The van der Waals surface area contributed by atoms with Crippen molar-refractivity contribution < 1.29 is 8.42 Å². The molecule has 2 rings (SSSR count). The molecule has 2 aromatic rings. The summed E-state index contributed by atoms with van der Waals surface area (Å²) in [5.41, 5.74) is 2.68. The van der Waals surface area contributed by atoms with E-state index in [1.54, 1.807) is 18.6 Å². The summed E-state index contributed by atoms with van der Waals surface area (Å²) in [7, 11) is -3.28. The van der Waals surface area contributed by atoms with Crippen LogP contribution in [0, 0.1) is 6.92 Å². The smallest absolute Gasteiger partial charge is 0.212 e. The Morgan fingerprint density at radius 2 is 2.05 bits per heavy atom. The first-order valence-corrected chi connectivity index (χ1v) is 7.57. The highest BCUT2D eigenvalue weighted by molar-refractivity contribution is 7.89. The second-order valence-corrected chi connectivity index (χ2v) is 6.19. The maximum Gasteiger partial charge on any atom is 0.212 e. The Hall–Kier alpha value is -1.73. The molecule has 2 N–H and O–H groups in total. The van der Waals surface area contributed by atoms with Gasteiger partial charge in [0.2, 0.25) is 10.0 Å². The first-order valence-electron chi connectivity index (χ1n) is 5.92. The molecule has 0 fully saturated rings. The van der Waals surface area contributed by atoms with E-state index in [-0.39, 0.29) is 12.3 Å². The van der Waals surface area contributed by atoms with Gasteiger partial charge in [0.15, 0.2) is 0 Å². The number of sulfonamides is 1. The molecule has 0 aliphatic heterocycles. The maximum atomic E-state index is 11.9. The van der Waals surface area contributed by atoms with Crippen LogP contribution >= 0.6 is 0 Å². The molecule has 102 valence electrons. The minimum atomic E-state index is -3.28. The van der Waals surface area contributed by atoms with Crippen molar-refractivity contribution in [2.45, 2.75) is 19.9 Å². The van der Waals surface area contributed by atoms with E-state index in [1.807, 2.05) is 19.1 Å². The molecule has 0 radical (unpaired) electrons. The molecule has 0 spiro atoms. The fraction of sp³-hybridized carbons (Fsp3) is 0.333. The summed E-state index contributed by atoms with van der Waals surface area (Å²) >= 11 is 0. The van der Waals surface area contributed by atoms with Gasteiger partial charge in [0, 0.05) is 30.2 Å². The van der Waals surface area contributed by atoms with Gasteiger partial charge in [-0.1, -0.05) is 0 Å². The predicted octanol–water partition coefficient (Wildman–Crippen LogP) is 0.775. The van der Waals surface area contributed by atoms with E-state index in [1.165, 1.54) is 0 Å². The largest absolute Gasteiger partial charge is 0.283 e. The molecule has 2 heterocycles. The van der Waals surface area contributed by atoms with Crippen molar-refractivity contribution in [3.05, 3.63) is 47.5 Å². The van der Waals surface area contributed by atoms with Crippen LogP contribution in [0.1, 0.15) is 16.8 Å². The van der Waals surface area contributed by atoms with Gasteiger partial charge in [-0.15, -0.1) is 0 Å². The number of hydrogen-bond donors (Lipinski definition) is 2. The Morgan fingerprint density at radius 3 is 2.68 bits per heavy atom. The van der Waals surface area contributed by atoms with Crippen LogP contribution in [0.5, 0.6) is 0 Å². The van der Waals surface area contributed by atoms with Crippen molar-refractivity contribution in [2.24, 2.45) is 0 Å². The van der Waals surface area contributed by atoms with Crippen LogP contribution < -0.4 is 4.72 Å². The molecule has 6 nitrogen and oxygen atoms in total. The first-order chi connectivity index (χ1) is 9.07. The zero-order valence-electron chi connectivity index (χ0n) is 10.6. The van der Waals surface area contributed by atoms with Crippen molar-refractivity contribution in [1.29, 1.82) is 0 Å². The average Bonchev–Trinajstić information content (AvgIpc) is 2.81. The monoisotopic (exact) mass is 280 g/mol. The van der Waals surface area contributed by atoms with Gasteiger partial charge in [-0.05, 0) is 31.0 Å². The third-order valence-electron chi connectivity index (χ3n) is 2.83. The van der Waals surface area contributed by atoms with Crippen LogP contribution in [-0.2, 0) is 23.0 Å². The van der Waals surface area contributed by atoms with Crippen LogP contribution in [0.15, 0.2) is 30.7 Å². The highest BCUT2D eigenvalue weighted by Gasteiger charge is 2.11. The van der Waals surface area contributed by atoms with Crippen molar-refractivity contribution in [3.8, 4) is 0 Å². The summed E-state index contributed by atoms with van der Waals surface area (Å²) in [4.78, 5) is 3.89. The van der Waals surface area contributed by atoms with Gasteiger partial charge in [0.05, 0.1) is 11.9 Å². The fourth-order valence-electron chi connectivity index (χ4n) is 1.62. The molecular formula is C12H16N4O2S. The van der Waals surface area contributed by atoms with Crippen LogP contribution in [0.25, 0.3) is 0 Å². The lowest BCUT2D eigenvalue weighted by atomic mass is 10.2. The van der Waals surface area contributed by atoms with Gasteiger partial charge < -0.3 is 0 Å². The molecule has 7 heteroatoms. The van der Waals surface area contributed by atoms with Crippen molar-refractivity contribution in [3.63, 3.8) is 0 Å². The molecule has 0 aromatic carbocycles. The second kappa shape index (κ2) is 5.94. The number of aromatic nitrogens is 3. The van der Waals surface area contributed by atoms with Gasteiger partial charge in [-0.3, -0.25) is 10.1 Å². The van der Waals surface area contributed by atoms with E-state index in [4.69, 9.17) is 0 Å². The van der Waals surface area contributed by atoms with E-state index < -0.39 is 10.0 Å². The van der Waals surface area contributed by atoms with Crippen LogP contribution in [0.4, 0.5) is 0 Å². The molecule has 19 heavy (non-hydrogen) atoms. The molecule has 0 aliphatic rings. The minimum Gasteiger partial charge on any atom is -0.283 e. The summed E-state index contributed by atoms with van der Waals surface area (Å²) in [6.07, 6.45) is 5.41. The van der Waals surface area contributed by atoms with Gasteiger partial charge in [0.1, 0.15) is 0 Å². The fourth-order valence-corrected chi connectivity index (χ4v) is 2.64. The maximum absolute atomic E-state index is 11.9. The zero-order chi connectivity index (χ0) is 13.7. The number of nitrogens with zero attached hydrogens (tertiary/aromatic N) is 2. The second-order valence-electron chi connectivity index (χ2n) is 4.27. The van der Waals surface area contributed by atoms with Gasteiger partial charge in [-0.2, -0.15) is 5.10 Å². The molecular weight excluding hydrogens is 264 g/mol. The normalized spacial score (nSPS) is 11.6. The third kappa shape index (κ3) is 4.15. The van der Waals surface area contributed by atoms with E-state index in [0.29, 0.717) is 6.42 Å². The summed E-state index contributed by atoms with van der Waals surface area (Å²) < 4.78 is 26.3. The van der Waals surface area contributed by atoms with Crippen LogP contribution in [0.2, 0.25) is 0 Å². The molecule has 0 saturated heterocycles. The van der Waals surface area contributed by atoms with E-state index >= 15 is 0 Å². The van der Waals surface area contributed by atoms with E-state index in [9.17, 15) is 8.42 Å². The molecule has 0 amide bonds. The van der Waals surface area contributed by atoms with Gasteiger partial charge in [-0.25, -0.2) is 13.1 Å². The number of hydrogen-bond acceptors (Lipinski definition) is 4. The standard InChI is InChI=1S/C12H16N4O2S/c1-10-12(8-14-16-10)9-15-19(17,18)7-4-11-2-5-13-6-3-11/h2-3,5-6,8,15H,4,7,9H2,1H3,(H,14,16). The number of pyridine rings is 1. The summed E-state index contributed by atoms with van der Waals surface area (Å²) in [6, 6.07) is 3.63. The van der Waals surface area contributed by atoms with Crippen molar-refractivity contribution >= 4 is 10.0 Å². The first kappa shape index (κ1) is 13.7. The van der Waals surface area contributed by atoms with Gasteiger partial charge in [0.25, 0.3) is 0 Å². The molecule has 0 unspecified atom stereocenters. The third-order valence-corrected chi connectivity index (χ3v) is 4.15. The predicted molar refractivity (Wildman–Crippen MR) is 71.9 cm³/mol. The quantitative estimate of drug-likeness (QED) is 0.818. The molecule has 0 bridgehead atoms. The zero-order valence-corrected chi connectivity index (χ0v) is 11.4. The number of aromatic amines is 1. The van der Waals surface area contributed by atoms with Crippen LogP contribution in [-0.4, -0.2) is 29.4 Å². The van der Waals surface area contributed by atoms with Crippen molar-refractivity contribution in [2.75, 3.05) is 5.75 Å². The molecule has 0 aliphatic carbocycles. The highest BCUT2D eigenvalue weighted by atomic mass is 32.2. The Kier molecular flexibility index (Phi) is 4.28. The molecule has 0 atom stereocenters. The molecule has 0 saturated carbocycles. The number of aryl methyl sites for hydroxylation is 2. The lowest BCUT2D eigenvalue weighted by molar-refractivity contribution is 0.580. The number of nitrogens with one attached hydrogen (secondary N) is 2. The Bertz CT molecular complexity index is 622. The van der Waals surface area contributed by atoms with Gasteiger partial charge >= 0.3 is 0 Å².